The number of hydrogen-bond donors (Lipinski definition) is 1. The van der Waals surface area contributed by atoms with E-state index < -0.39 is 11.7 Å². The van der Waals surface area contributed by atoms with E-state index in [1.165, 1.54) is 12.1 Å². The van der Waals surface area contributed by atoms with Crippen LogP contribution in [0.3, 0.4) is 0 Å². The second-order valence-electron chi connectivity index (χ2n) is 4.70. The summed E-state index contributed by atoms with van der Waals surface area (Å²) in [4.78, 5) is 0. The third kappa shape index (κ3) is 3.00. The van der Waals surface area contributed by atoms with Crippen LogP contribution >= 0.6 is 0 Å². The largest absolute Gasteiger partial charge is 0.416 e. The van der Waals surface area contributed by atoms with Gasteiger partial charge in [-0.05, 0) is 43.4 Å². The minimum atomic E-state index is -4.24. The molecule has 0 aliphatic carbocycles. The smallest absolute Gasteiger partial charge is 0.314 e. The minimum absolute atomic E-state index is 0.341. The van der Waals surface area contributed by atoms with Gasteiger partial charge in [0.05, 0.1) is 5.56 Å². The second-order valence-corrected chi connectivity index (χ2v) is 4.70. The fourth-order valence-electron chi connectivity index (χ4n) is 2.23. The summed E-state index contributed by atoms with van der Waals surface area (Å²) in [6, 6.07) is 6.07. The molecular formula is C13H16F3N. The molecule has 94 valence electrons. The predicted molar refractivity (Wildman–Crippen MR) is 60.9 cm³/mol. The zero-order valence-corrected chi connectivity index (χ0v) is 9.72. The fraction of sp³-hybridized carbons (Fsp3) is 0.538. The van der Waals surface area contributed by atoms with E-state index in [1.807, 2.05) is 0 Å². The van der Waals surface area contributed by atoms with Gasteiger partial charge in [0.1, 0.15) is 0 Å². The molecule has 1 aromatic rings. The molecule has 0 amide bonds. The van der Waals surface area contributed by atoms with Crippen molar-refractivity contribution in [1.82, 2.24) is 5.32 Å². The van der Waals surface area contributed by atoms with Crippen molar-refractivity contribution in [1.29, 1.82) is 0 Å². The summed E-state index contributed by atoms with van der Waals surface area (Å²) in [5, 5.41) is 3.35. The molecule has 0 aromatic heterocycles. The lowest BCUT2D eigenvalue weighted by atomic mass is 9.89. The average Bonchev–Trinajstić information content (AvgIpc) is 2.29. The summed E-state index contributed by atoms with van der Waals surface area (Å²) in [6.07, 6.45) is -2.12. The predicted octanol–water partition coefficient (Wildman–Crippen LogP) is 3.56. The minimum Gasteiger partial charge on any atom is -0.314 e. The van der Waals surface area contributed by atoms with Crippen LogP contribution < -0.4 is 5.32 Å². The first kappa shape index (κ1) is 12.4. The van der Waals surface area contributed by atoms with Gasteiger partial charge in [-0.2, -0.15) is 13.2 Å². The molecule has 1 aliphatic rings. The quantitative estimate of drug-likeness (QED) is 0.795. The topological polar surface area (TPSA) is 12.0 Å². The van der Waals surface area contributed by atoms with Crippen molar-refractivity contribution in [2.24, 2.45) is 0 Å². The maximum absolute atomic E-state index is 12.4. The molecule has 2 atom stereocenters. The van der Waals surface area contributed by atoms with Gasteiger partial charge in [0.25, 0.3) is 0 Å². The third-order valence-electron chi connectivity index (χ3n) is 3.37. The summed E-state index contributed by atoms with van der Waals surface area (Å²) in [5.41, 5.74) is 0.427. The Morgan fingerprint density at radius 1 is 1.12 bits per heavy atom. The molecule has 0 radical (unpaired) electrons. The van der Waals surface area contributed by atoms with Gasteiger partial charge in [-0.1, -0.05) is 12.1 Å². The standard InChI is InChI=1S/C13H16F3N/c1-9-2-3-11(8-17-9)10-4-6-12(7-5-10)13(14,15)16/h4-7,9,11,17H,2-3,8H2,1H3. The second kappa shape index (κ2) is 4.69. The van der Waals surface area contributed by atoms with E-state index in [0.29, 0.717) is 12.0 Å². The molecule has 4 heteroatoms. The first-order chi connectivity index (χ1) is 7.97. The van der Waals surface area contributed by atoms with Crippen LogP contribution in [0.15, 0.2) is 24.3 Å². The summed E-state index contributed by atoms with van der Waals surface area (Å²) in [6.45, 7) is 2.98. The van der Waals surface area contributed by atoms with E-state index in [2.05, 4.69) is 12.2 Å². The van der Waals surface area contributed by atoms with E-state index in [1.54, 1.807) is 12.1 Å². The van der Waals surface area contributed by atoms with E-state index in [-0.39, 0.29) is 0 Å². The van der Waals surface area contributed by atoms with Crippen LogP contribution in [0.1, 0.15) is 36.8 Å². The highest BCUT2D eigenvalue weighted by Gasteiger charge is 2.30. The molecule has 2 unspecified atom stereocenters. The third-order valence-corrected chi connectivity index (χ3v) is 3.37. The van der Waals surface area contributed by atoms with Gasteiger partial charge in [0, 0.05) is 12.6 Å². The first-order valence-electron chi connectivity index (χ1n) is 5.87. The molecule has 1 nitrogen and oxygen atoms in total. The molecular weight excluding hydrogens is 227 g/mol. The molecule has 0 spiro atoms. The van der Waals surface area contributed by atoms with Gasteiger partial charge in [-0.25, -0.2) is 0 Å². The lowest BCUT2D eigenvalue weighted by molar-refractivity contribution is -0.137. The van der Waals surface area contributed by atoms with E-state index in [9.17, 15) is 13.2 Å². The number of hydrogen-bond acceptors (Lipinski definition) is 1. The molecule has 17 heavy (non-hydrogen) atoms. The van der Waals surface area contributed by atoms with Crippen molar-refractivity contribution >= 4 is 0 Å². The average molecular weight is 243 g/mol. The van der Waals surface area contributed by atoms with Gasteiger partial charge in [-0.3, -0.25) is 0 Å². The van der Waals surface area contributed by atoms with Crippen molar-refractivity contribution in [3.05, 3.63) is 35.4 Å². The maximum atomic E-state index is 12.4. The van der Waals surface area contributed by atoms with Crippen molar-refractivity contribution in [2.45, 2.75) is 37.9 Å². The monoisotopic (exact) mass is 243 g/mol. The molecule has 1 aliphatic heterocycles. The van der Waals surface area contributed by atoms with Crippen LogP contribution in [0.4, 0.5) is 13.2 Å². The normalized spacial score (nSPS) is 25.9. The Kier molecular flexibility index (Phi) is 3.43. The molecule has 1 aromatic carbocycles. The summed E-state index contributed by atoms with van der Waals surface area (Å²) in [7, 11) is 0. The Bertz CT molecular complexity index is 361. The lowest BCUT2D eigenvalue weighted by Crippen LogP contribution is -2.35. The Labute approximate surface area is 99.0 Å². The van der Waals surface area contributed by atoms with Gasteiger partial charge in [0.15, 0.2) is 0 Å². The van der Waals surface area contributed by atoms with Gasteiger partial charge in [0.2, 0.25) is 0 Å². The molecule has 1 N–H and O–H groups in total. The van der Waals surface area contributed by atoms with Crippen LogP contribution in [-0.2, 0) is 6.18 Å². The Balaban J connectivity index is 2.08. The Morgan fingerprint density at radius 2 is 1.76 bits per heavy atom. The molecule has 1 fully saturated rings. The zero-order chi connectivity index (χ0) is 12.5. The molecule has 2 rings (SSSR count). The maximum Gasteiger partial charge on any atom is 0.416 e. The lowest BCUT2D eigenvalue weighted by Gasteiger charge is -2.28. The van der Waals surface area contributed by atoms with Crippen molar-refractivity contribution in [3.8, 4) is 0 Å². The fourth-order valence-corrected chi connectivity index (χ4v) is 2.23. The molecule has 0 saturated carbocycles. The SMILES string of the molecule is CC1CCC(c2ccc(C(F)(F)F)cc2)CN1. The van der Waals surface area contributed by atoms with E-state index in [4.69, 9.17) is 0 Å². The van der Waals surface area contributed by atoms with Crippen LogP contribution in [-0.4, -0.2) is 12.6 Å². The summed E-state index contributed by atoms with van der Waals surface area (Å²) >= 11 is 0. The zero-order valence-electron chi connectivity index (χ0n) is 9.72. The first-order valence-corrected chi connectivity index (χ1v) is 5.87. The summed E-state index contributed by atoms with van der Waals surface area (Å²) in [5.74, 6) is 0.341. The summed E-state index contributed by atoms with van der Waals surface area (Å²) < 4.78 is 37.2. The van der Waals surface area contributed by atoms with Gasteiger partial charge >= 0.3 is 6.18 Å². The van der Waals surface area contributed by atoms with Crippen LogP contribution in [0.5, 0.6) is 0 Å². The number of nitrogens with one attached hydrogen (secondary N) is 1. The number of rotatable bonds is 1. The number of piperidine rings is 1. The molecule has 1 heterocycles. The highest BCUT2D eigenvalue weighted by atomic mass is 19.4. The van der Waals surface area contributed by atoms with Crippen LogP contribution in [0, 0.1) is 0 Å². The number of alkyl halides is 3. The van der Waals surface area contributed by atoms with Crippen LogP contribution in [0.2, 0.25) is 0 Å². The molecule has 1 saturated heterocycles. The van der Waals surface area contributed by atoms with E-state index in [0.717, 1.165) is 24.9 Å². The van der Waals surface area contributed by atoms with Crippen molar-refractivity contribution < 1.29 is 13.2 Å². The highest BCUT2D eigenvalue weighted by Crippen LogP contribution is 2.31. The van der Waals surface area contributed by atoms with Crippen LogP contribution in [0.25, 0.3) is 0 Å². The van der Waals surface area contributed by atoms with Gasteiger partial charge in [-0.15, -0.1) is 0 Å². The van der Waals surface area contributed by atoms with E-state index >= 15 is 0 Å². The van der Waals surface area contributed by atoms with Crippen molar-refractivity contribution in [3.63, 3.8) is 0 Å². The molecule has 0 bridgehead atoms. The number of halogens is 3. The van der Waals surface area contributed by atoms with Crippen molar-refractivity contribution in [2.75, 3.05) is 6.54 Å². The number of benzene rings is 1. The Hall–Kier alpha value is -1.03. The van der Waals surface area contributed by atoms with Gasteiger partial charge < -0.3 is 5.32 Å². The Morgan fingerprint density at radius 3 is 2.24 bits per heavy atom. The highest BCUT2D eigenvalue weighted by molar-refractivity contribution is 5.27.